The average molecular weight is 326 g/mol. The molecule has 2 unspecified atom stereocenters. The second kappa shape index (κ2) is 6.69. The van der Waals surface area contributed by atoms with Crippen LogP contribution in [0.3, 0.4) is 0 Å². The molecule has 1 fully saturated rings. The van der Waals surface area contributed by atoms with E-state index in [1.54, 1.807) is 0 Å². The Kier molecular flexibility index (Phi) is 5.89. The summed E-state index contributed by atoms with van der Waals surface area (Å²) in [6.45, 7) is 1.88. The van der Waals surface area contributed by atoms with Gasteiger partial charge in [-0.1, -0.05) is 6.07 Å². The van der Waals surface area contributed by atoms with E-state index in [0.29, 0.717) is 5.03 Å². The van der Waals surface area contributed by atoms with E-state index in [4.69, 9.17) is 0 Å². The minimum absolute atomic E-state index is 0. The van der Waals surface area contributed by atoms with E-state index >= 15 is 0 Å². The van der Waals surface area contributed by atoms with Gasteiger partial charge < -0.3 is 5.32 Å². The minimum Gasteiger partial charge on any atom is -0.316 e. The van der Waals surface area contributed by atoms with Crippen molar-refractivity contribution < 1.29 is 4.21 Å². The molecule has 2 rings (SSSR count). The van der Waals surface area contributed by atoms with Crippen molar-refractivity contribution in [2.75, 3.05) is 13.1 Å². The van der Waals surface area contributed by atoms with Gasteiger partial charge in [0.05, 0.1) is 16.0 Å². The second-order valence-corrected chi connectivity index (χ2v) is 6.06. The summed E-state index contributed by atoms with van der Waals surface area (Å²) in [6, 6.07) is 5.55. The zero-order valence-corrected chi connectivity index (χ0v) is 11.9. The molecule has 2 atom stereocenters. The van der Waals surface area contributed by atoms with E-state index in [2.05, 4.69) is 26.2 Å². The second-order valence-electron chi connectivity index (χ2n) is 3.56. The third-order valence-corrected chi connectivity index (χ3v) is 4.54. The molecule has 0 aromatic carbocycles. The number of hydrogen-bond acceptors (Lipinski definition) is 3. The summed E-state index contributed by atoms with van der Waals surface area (Å²) in [4.78, 5) is 4.24. The van der Waals surface area contributed by atoms with E-state index in [9.17, 15) is 4.21 Å². The lowest BCUT2D eigenvalue weighted by Crippen LogP contribution is -2.36. The summed E-state index contributed by atoms with van der Waals surface area (Å²) in [5.74, 6) is 0. The highest BCUT2D eigenvalue weighted by Gasteiger charge is 2.21. The van der Waals surface area contributed by atoms with Gasteiger partial charge in [-0.2, -0.15) is 0 Å². The molecule has 16 heavy (non-hydrogen) atoms. The van der Waals surface area contributed by atoms with Crippen molar-refractivity contribution in [1.82, 2.24) is 10.3 Å². The number of rotatable bonds is 2. The average Bonchev–Trinajstić information content (AvgIpc) is 2.29. The molecule has 3 nitrogen and oxygen atoms in total. The van der Waals surface area contributed by atoms with Gasteiger partial charge in [-0.05, 0) is 47.4 Å². The smallest absolute Gasteiger partial charge is 0.128 e. The van der Waals surface area contributed by atoms with Gasteiger partial charge in [-0.3, -0.25) is 4.21 Å². The zero-order chi connectivity index (χ0) is 10.7. The van der Waals surface area contributed by atoms with Crippen molar-refractivity contribution >= 4 is 39.1 Å². The molecule has 6 heteroatoms. The highest BCUT2D eigenvalue weighted by molar-refractivity contribution is 9.10. The lowest BCUT2D eigenvalue weighted by molar-refractivity contribution is 0.519. The molecule has 1 saturated heterocycles. The zero-order valence-electron chi connectivity index (χ0n) is 8.69. The highest BCUT2D eigenvalue weighted by atomic mass is 79.9. The first-order valence-corrected chi connectivity index (χ1v) is 7.02. The Bertz CT molecular complexity index is 372. The third kappa shape index (κ3) is 3.52. The lowest BCUT2D eigenvalue weighted by atomic mass is 10.2. The van der Waals surface area contributed by atoms with Gasteiger partial charge in [0.15, 0.2) is 0 Å². The monoisotopic (exact) mass is 324 g/mol. The van der Waals surface area contributed by atoms with Crippen LogP contribution in [-0.4, -0.2) is 27.5 Å². The van der Waals surface area contributed by atoms with Crippen LogP contribution < -0.4 is 5.32 Å². The molecule has 1 aromatic rings. The molecule has 2 heterocycles. The number of piperidine rings is 1. The fourth-order valence-electron chi connectivity index (χ4n) is 1.68. The molecule has 1 aliphatic rings. The molecule has 0 bridgehead atoms. The Morgan fingerprint density at radius 1 is 1.50 bits per heavy atom. The maximum absolute atomic E-state index is 12.1. The molecule has 1 aromatic heterocycles. The topological polar surface area (TPSA) is 42.0 Å². The van der Waals surface area contributed by atoms with E-state index < -0.39 is 10.8 Å². The predicted octanol–water partition coefficient (Wildman–Crippen LogP) is 2.13. The van der Waals surface area contributed by atoms with Gasteiger partial charge >= 0.3 is 0 Å². The number of pyridine rings is 1. The van der Waals surface area contributed by atoms with E-state index in [0.717, 1.165) is 30.5 Å². The van der Waals surface area contributed by atoms with Gasteiger partial charge in [0, 0.05) is 6.54 Å². The molecule has 0 saturated carbocycles. The van der Waals surface area contributed by atoms with Crippen LogP contribution in [-0.2, 0) is 10.8 Å². The molecule has 1 aliphatic heterocycles. The maximum atomic E-state index is 12.1. The normalized spacial score (nSPS) is 22.2. The van der Waals surface area contributed by atoms with Gasteiger partial charge in [0.2, 0.25) is 0 Å². The van der Waals surface area contributed by atoms with Crippen LogP contribution in [0.1, 0.15) is 12.8 Å². The molecule has 90 valence electrons. The van der Waals surface area contributed by atoms with Gasteiger partial charge in [0.25, 0.3) is 0 Å². The Morgan fingerprint density at radius 2 is 2.31 bits per heavy atom. The van der Waals surface area contributed by atoms with Crippen LogP contribution in [0.2, 0.25) is 0 Å². The van der Waals surface area contributed by atoms with Crippen LogP contribution in [0.4, 0.5) is 0 Å². The summed E-state index contributed by atoms with van der Waals surface area (Å²) in [7, 11) is -0.984. The van der Waals surface area contributed by atoms with Crippen molar-refractivity contribution in [3.8, 4) is 0 Å². The van der Waals surface area contributed by atoms with Gasteiger partial charge in [0.1, 0.15) is 9.63 Å². The number of halogens is 2. The SMILES string of the molecule is Cl.O=S(c1cccc(Br)n1)C1CCCNC1. The predicted molar refractivity (Wildman–Crippen MR) is 71.5 cm³/mol. The third-order valence-electron chi connectivity index (χ3n) is 2.45. The van der Waals surface area contributed by atoms with E-state index in [1.165, 1.54) is 0 Å². The lowest BCUT2D eigenvalue weighted by Gasteiger charge is -2.21. The Hall–Kier alpha value is 0.0300. The van der Waals surface area contributed by atoms with E-state index in [-0.39, 0.29) is 17.7 Å². The summed E-state index contributed by atoms with van der Waals surface area (Å²) >= 11 is 3.29. The first-order chi connectivity index (χ1) is 7.27. The van der Waals surface area contributed by atoms with Crippen LogP contribution >= 0.6 is 28.3 Å². The number of nitrogens with one attached hydrogen (secondary N) is 1. The van der Waals surface area contributed by atoms with Gasteiger partial charge in [-0.25, -0.2) is 4.98 Å². The molecule has 0 spiro atoms. The standard InChI is InChI=1S/C10H13BrN2OS.ClH/c11-9-4-1-5-10(13-9)15(14)8-3-2-6-12-7-8;/h1,4-5,8,12H,2-3,6-7H2;1H. The van der Waals surface area contributed by atoms with Crippen molar-refractivity contribution in [2.24, 2.45) is 0 Å². The van der Waals surface area contributed by atoms with Crippen LogP contribution in [0.5, 0.6) is 0 Å². The van der Waals surface area contributed by atoms with Crippen molar-refractivity contribution in [1.29, 1.82) is 0 Å². The summed E-state index contributed by atoms with van der Waals surface area (Å²) in [5.41, 5.74) is 0. The van der Waals surface area contributed by atoms with Crippen LogP contribution in [0.25, 0.3) is 0 Å². The number of nitrogens with zero attached hydrogens (tertiary/aromatic N) is 1. The van der Waals surface area contributed by atoms with E-state index in [1.807, 2.05) is 18.2 Å². The quantitative estimate of drug-likeness (QED) is 0.847. The fraction of sp³-hybridized carbons (Fsp3) is 0.500. The molecule has 0 radical (unpaired) electrons. The van der Waals surface area contributed by atoms with Crippen molar-refractivity contribution in [3.63, 3.8) is 0 Å². The van der Waals surface area contributed by atoms with Crippen molar-refractivity contribution in [3.05, 3.63) is 22.8 Å². The van der Waals surface area contributed by atoms with Crippen LogP contribution in [0.15, 0.2) is 27.8 Å². The first kappa shape index (κ1) is 14.1. The minimum atomic E-state index is -0.984. The Morgan fingerprint density at radius 3 is 2.94 bits per heavy atom. The first-order valence-electron chi connectivity index (χ1n) is 5.01. The summed E-state index contributed by atoms with van der Waals surface area (Å²) < 4.78 is 12.9. The molecular formula is C10H14BrClN2OS. The van der Waals surface area contributed by atoms with Crippen molar-refractivity contribution in [2.45, 2.75) is 23.1 Å². The number of aromatic nitrogens is 1. The molecular weight excluding hydrogens is 312 g/mol. The van der Waals surface area contributed by atoms with Gasteiger partial charge in [-0.15, -0.1) is 12.4 Å². The van der Waals surface area contributed by atoms with Crippen LogP contribution in [0, 0.1) is 0 Å². The summed E-state index contributed by atoms with van der Waals surface area (Å²) in [6.07, 6.45) is 2.12. The molecule has 0 aliphatic carbocycles. The number of hydrogen-bond donors (Lipinski definition) is 1. The highest BCUT2D eigenvalue weighted by Crippen LogP contribution is 2.17. The Labute approximate surface area is 112 Å². The fourth-order valence-corrected chi connectivity index (χ4v) is 3.53. The molecule has 1 N–H and O–H groups in total. The molecule has 0 amide bonds. The summed E-state index contributed by atoms with van der Waals surface area (Å²) in [5, 5.41) is 4.16. The largest absolute Gasteiger partial charge is 0.316 e. The maximum Gasteiger partial charge on any atom is 0.128 e. The Balaban J connectivity index is 0.00000128.